The molecular weight excluding hydrogens is 667 g/mol. The van der Waals surface area contributed by atoms with E-state index in [-0.39, 0.29) is 11.6 Å². The molecule has 0 aliphatic heterocycles. The maximum Gasteiger partial charge on any atom is 0.123 e. The highest BCUT2D eigenvalue weighted by Gasteiger charge is 2.24. The summed E-state index contributed by atoms with van der Waals surface area (Å²) in [6.07, 6.45) is 0. The molecule has 0 spiro atoms. The number of aromatic nitrogens is 1. The second-order valence-corrected chi connectivity index (χ2v) is 13.6. The van der Waals surface area contributed by atoms with E-state index >= 15 is 4.39 Å². The van der Waals surface area contributed by atoms with Crippen LogP contribution in [0.3, 0.4) is 0 Å². The van der Waals surface area contributed by atoms with Crippen molar-refractivity contribution in [1.29, 1.82) is 0 Å². The van der Waals surface area contributed by atoms with Gasteiger partial charge >= 0.3 is 0 Å². The Balaban J connectivity index is 1.34. The van der Waals surface area contributed by atoms with Gasteiger partial charge in [-0.2, -0.15) is 0 Å². The molecule has 0 bridgehead atoms. The zero-order valence-electron chi connectivity index (χ0n) is 29.1. The average molecular weight is 699 g/mol. The second-order valence-electron chi connectivity index (χ2n) is 13.6. The fourth-order valence-corrected chi connectivity index (χ4v) is 8.25. The molecule has 0 radical (unpaired) electrons. The third-order valence-electron chi connectivity index (χ3n) is 10.4. The van der Waals surface area contributed by atoms with Crippen LogP contribution in [-0.2, 0) is 0 Å². The van der Waals surface area contributed by atoms with Gasteiger partial charge < -0.3 is 9.47 Å². The zero-order valence-corrected chi connectivity index (χ0v) is 29.1. The first-order valence-corrected chi connectivity index (χ1v) is 18.1. The Hall–Kier alpha value is -7.04. The largest absolute Gasteiger partial charge is 0.310 e. The van der Waals surface area contributed by atoms with E-state index in [2.05, 4.69) is 119 Å². The number of fused-ring (bicyclic) bond motifs is 5. The lowest BCUT2D eigenvalue weighted by atomic mass is 9.85. The van der Waals surface area contributed by atoms with Crippen molar-refractivity contribution in [3.8, 4) is 27.9 Å². The highest BCUT2D eigenvalue weighted by atomic mass is 19.1. The van der Waals surface area contributed by atoms with Crippen LogP contribution in [0.1, 0.15) is 0 Å². The molecule has 0 atom stereocenters. The number of benzene rings is 9. The third kappa shape index (κ3) is 5.14. The van der Waals surface area contributed by atoms with E-state index in [1.165, 1.54) is 12.1 Å². The van der Waals surface area contributed by atoms with E-state index in [0.29, 0.717) is 0 Å². The molecule has 9 aromatic carbocycles. The van der Waals surface area contributed by atoms with Gasteiger partial charge in [0.05, 0.1) is 16.7 Å². The minimum Gasteiger partial charge on any atom is -0.310 e. The summed E-state index contributed by atoms with van der Waals surface area (Å²) in [5.74, 6) is -0.611. The third-order valence-corrected chi connectivity index (χ3v) is 10.4. The molecule has 0 saturated heterocycles. The van der Waals surface area contributed by atoms with Crippen LogP contribution in [0, 0.1) is 11.6 Å². The van der Waals surface area contributed by atoms with Crippen LogP contribution in [-0.4, -0.2) is 4.57 Å². The molecular formula is C50H32F2N2. The van der Waals surface area contributed by atoms with Gasteiger partial charge in [-0.25, -0.2) is 8.78 Å². The van der Waals surface area contributed by atoms with Crippen LogP contribution in [0.4, 0.5) is 25.8 Å². The van der Waals surface area contributed by atoms with Gasteiger partial charge in [0.1, 0.15) is 11.6 Å². The molecule has 2 nitrogen and oxygen atoms in total. The number of hydrogen-bond donors (Lipinski definition) is 0. The van der Waals surface area contributed by atoms with E-state index in [1.54, 1.807) is 24.3 Å². The summed E-state index contributed by atoms with van der Waals surface area (Å²) in [5.41, 5.74) is 9.60. The van der Waals surface area contributed by atoms with Crippen molar-refractivity contribution < 1.29 is 8.78 Å². The fraction of sp³-hybridized carbons (Fsp3) is 0. The molecule has 1 heterocycles. The molecule has 0 fully saturated rings. The normalized spacial score (nSPS) is 11.5. The SMILES string of the molecule is Fc1cccc(-c2c3ccccc3c(-c3cccc(F)c3)c3c(N(c4ccccc4)c4ccc5c(c4)c4ccccc4n5-c4ccccc4)cccc23)c1. The van der Waals surface area contributed by atoms with Crippen LogP contribution in [0.5, 0.6) is 0 Å². The molecule has 0 saturated carbocycles. The van der Waals surface area contributed by atoms with Crippen molar-refractivity contribution in [1.82, 2.24) is 4.57 Å². The molecule has 4 heteroatoms. The summed E-state index contributed by atoms with van der Waals surface area (Å²) in [7, 11) is 0. The van der Waals surface area contributed by atoms with Crippen molar-refractivity contribution in [2.24, 2.45) is 0 Å². The molecule has 0 aliphatic carbocycles. The van der Waals surface area contributed by atoms with Crippen molar-refractivity contribution in [2.75, 3.05) is 4.90 Å². The first kappa shape index (κ1) is 31.7. The Morgan fingerprint density at radius 3 is 1.63 bits per heavy atom. The quantitative estimate of drug-likeness (QED) is 0.157. The number of rotatable bonds is 6. The van der Waals surface area contributed by atoms with Crippen molar-refractivity contribution in [3.63, 3.8) is 0 Å². The van der Waals surface area contributed by atoms with E-state index in [1.807, 2.05) is 48.5 Å². The zero-order chi connectivity index (χ0) is 36.2. The molecule has 0 amide bonds. The number of halogens is 2. The van der Waals surface area contributed by atoms with Crippen molar-refractivity contribution in [3.05, 3.63) is 206 Å². The van der Waals surface area contributed by atoms with Gasteiger partial charge in [0.25, 0.3) is 0 Å². The van der Waals surface area contributed by atoms with Crippen molar-refractivity contribution in [2.45, 2.75) is 0 Å². The Kier molecular flexibility index (Phi) is 7.55. The predicted octanol–water partition coefficient (Wildman–Crippen LogP) is 14.2. The lowest BCUT2D eigenvalue weighted by Gasteiger charge is -2.29. The molecule has 10 aromatic rings. The molecule has 0 N–H and O–H groups in total. The Labute approximate surface area is 311 Å². The standard InChI is InChI=1S/C50H32F2N2/c51-35-16-11-14-33(30-35)48-41-23-7-8-24-42(41)49(34-15-12-17-36(52)31-34)50-43(48)25-13-27-47(50)53(37-18-3-1-4-19-37)39-28-29-46-44(32-39)40-22-9-10-26-45(40)54(46)38-20-5-2-6-21-38/h1-32H. The van der Waals surface area contributed by atoms with E-state index < -0.39 is 0 Å². The summed E-state index contributed by atoms with van der Waals surface area (Å²) in [6.45, 7) is 0. The van der Waals surface area contributed by atoms with Gasteiger partial charge in [0.2, 0.25) is 0 Å². The summed E-state index contributed by atoms with van der Waals surface area (Å²) in [5, 5.41) is 6.09. The van der Waals surface area contributed by atoms with Gasteiger partial charge in [-0.15, -0.1) is 0 Å². The first-order chi connectivity index (χ1) is 26.6. The number of hydrogen-bond acceptors (Lipinski definition) is 1. The monoisotopic (exact) mass is 698 g/mol. The number of anilines is 3. The van der Waals surface area contributed by atoms with Crippen LogP contribution < -0.4 is 4.90 Å². The first-order valence-electron chi connectivity index (χ1n) is 18.1. The van der Waals surface area contributed by atoms with Crippen LogP contribution in [0.15, 0.2) is 194 Å². The van der Waals surface area contributed by atoms with Crippen LogP contribution in [0.25, 0.3) is 71.3 Å². The summed E-state index contributed by atoms with van der Waals surface area (Å²) in [6, 6.07) is 64.1. The molecule has 54 heavy (non-hydrogen) atoms. The lowest BCUT2D eigenvalue weighted by molar-refractivity contribution is 0.628. The minimum absolute atomic E-state index is 0.302. The maximum absolute atomic E-state index is 15.2. The van der Waals surface area contributed by atoms with Gasteiger partial charge in [-0.05, 0) is 117 Å². The van der Waals surface area contributed by atoms with Crippen molar-refractivity contribution >= 4 is 60.4 Å². The molecule has 256 valence electrons. The Bertz CT molecular complexity index is 3020. The van der Waals surface area contributed by atoms with E-state index in [9.17, 15) is 4.39 Å². The topological polar surface area (TPSA) is 8.17 Å². The minimum atomic E-state index is -0.309. The molecule has 1 aromatic heterocycles. The summed E-state index contributed by atoms with van der Waals surface area (Å²) in [4.78, 5) is 2.29. The molecule has 10 rings (SSSR count). The van der Waals surface area contributed by atoms with E-state index in [0.717, 1.165) is 88.4 Å². The second kappa shape index (κ2) is 12.9. The Morgan fingerprint density at radius 2 is 0.926 bits per heavy atom. The number of para-hydroxylation sites is 3. The molecule has 0 aliphatic rings. The Morgan fingerprint density at radius 1 is 0.370 bits per heavy atom. The van der Waals surface area contributed by atoms with Gasteiger partial charge in [0, 0.05) is 33.2 Å². The van der Waals surface area contributed by atoms with E-state index in [4.69, 9.17) is 0 Å². The fourth-order valence-electron chi connectivity index (χ4n) is 8.25. The highest BCUT2D eigenvalue weighted by Crippen LogP contribution is 2.50. The average Bonchev–Trinajstić information content (AvgIpc) is 3.54. The van der Waals surface area contributed by atoms with Gasteiger partial charge in [-0.3, -0.25) is 0 Å². The molecule has 0 unspecified atom stereocenters. The smallest absolute Gasteiger partial charge is 0.123 e. The lowest BCUT2D eigenvalue weighted by Crippen LogP contribution is -2.11. The van der Waals surface area contributed by atoms with Crippen LogP contribution >= 0.6 is 0 Å². The predicted molar refractivity (Wildman–Crippen MR) is 221 cm³/mol. The maximum atomic E-state index is 15.2. The summed E-state index contributed by atoms with van der Waals surface area (Å²) >= 11 is 0. The van der Waals surface area contributed by atoms with Crippen LogP contribution in [0.2, 0.25) is 0 Å². The summed E-state index contributed by atoms with van der Waals surface area (Å²) < 4.78 is 32.5. The highest BCUT2D eigenvalue weighted by molar-refractivity contribution is 6.25. The van der Waals surface area contributed by atoms with Gasteiger partial charge in [-0.1, -0.05) is 115 Å². The van der Waals surface area contributed by atoms with Gasteiger partial charge in [0.15, 0.2) is 0 Å². The number of nitrogens with zero attached hydrogens (tertiary/aromatic N) is 2.